The Balaban J connectivity index is 2.02. The van der Waals surface area contributed by atoms with Crippen LogP contribution in [0.15, 0.2) is 35.0 Å². The van der Waals surface area contributed by atoms with Crippen molar-refractivity contribution < 1.29 is 4.74 Å². The molecule has 0 fully saturated rings. The summed E-state index contributed by atoms with van der Waals surface area (Å²) in [7, 11) is 3.76. The first kappa shape index (κ1) is 12.9. The zero-order valence-electron chi connectivity index (χ0n) is 10.7. The molecular formula is C14H18N2OS. The van der Waals surface area contributed by atoms with E-state index >= 15 is 0 Å². The zero-order chi connectivity index (χ0) is 13.0. The predicted octanol–water partition coefficient (Wildman–Crippen LogP) is 2.97. The van der Waals surface area contributed by atoms with Crippen molar-refractivity contribution in [1.29, 1.82) is 0 Å². The number of rotatable bonds is 5. The van der Waals surface area contributed by atoms with Crippen LogP contribution in [0.2, 0.25) is 0 Å². The van der Waals surface area contributed by atoms with Gasteiger partial charge in [-0.1, -0.05) is 0 Å². The van der Waals surface area contributed by atoms with Gasteiger partial charge in [0.2, 0.25) is 0 Å². The minimum atomic E-state index is 0.744. The first-order valence-corrected chi connectivity index (χ1v) is 6.74. The van der Waals surface area contributed by atoms with Crippen molar-refractivity contribution in [2.45, 2.75) is 13.1 Å². The molecule has 18 heavy (non-hydrogen) atoms. The molecule has 0 aliphatic rings. The number of benzene rings is 1. The Morgan fingerprint density at radius 1 is 1.22 bits per heavy atom. The van der Waals surface area contributed by atoms with Crippen LogP contribution in [-0.2, 0) is 13.1 Å². The fraction of sp³-hybridized carbons (Fsp3) is 0.286. The van der Waals surface area contributed by atoms with E-state index in [-0.39, 0.29) is 0 Å². The van der Waals surface area contributed by atoms with Crippen molar-refractivity contribution in [3.63, 3.8) is 0 Å². The molecule has 0 bridgehead atoms. The SMILES string of the molecule is COc1cc(N)cc(CN(C)Cc2ccsc2)c1. The summed E-state index contributed by atoms with van der Waals surface area (Å²) in [6.07, 6.45) is 0. The molecule has 0 aliphatic carbocycles. The first-order chi connectivity index (χ1) is 8.67. The van der Waals surface area contributed by atoms with Crippen molar-refractivity contribution in [2.24, 2.45) is 0 Å². The van der Waals surface area contributed by atoms with Crippen LogP contribution >= 0.6 is 11.3 Å². The summed E-state index contributed by atoms with van der Waals surface area (Å²) in [5.74, 6) is 0.814. The topological polar surface area (TPSA) is 38.5 Å². The molecule has 4 heteroatoms. The second-order valence-corrected chi connectivity index (χ2v) is 5.20. The van der Waals surface area contributed by atoms with Crippen LogP contribution in [0.25, 0.3) is 0 Å². The van der Waals surface area contributed by atoms with Gasteiger partial charge in [-0.2, -0.15) is 11.3 Å². The van der Waals surface area contributed by atoms with E-state index in [1.807, 2.05) is 18.2 Å². The molecular weight excluding hydrogens is 244 g/mol. The first-order valence-electron chi connectivity index (χ1n) is 5.80. The van der Waals surface area contributed by atoms with Crippen molar-refractivity contribution in [3.05, 3.63) is 46.2 Å². The summed E-state index contributed by atoms with van der Waals surface area (Å²) < 4.78 is 5.23. The summed E-state index contributed by atoms with van der Waals surface area (Å²) in [6, 6.07) is 8.01. The Morgan fingerprint density at radius 2 is 2.00 bits per heavy atom. The zero-order valence-corrected chi connectivity index (χ0v) is 11.5. The molecule has 0 aliphatic heterocycles. The second-order valence-electron chi connectivity index (χ2n) is 4.42. The minimum absolute atomic E-state index is 0.744. The Kier molecular flexibility index (Phi) is 4.23. The van der Waals surface area contributed by atoms with Crippen LogP contribution in [0.1, 0.15) is 11.1 Å². The fourth-order valence-electron chi connectivity index (χ4n) is 1.96. The van der Waals surface area contributed by atoms with E-state index in [4.69, 9.17) is 10.5 Å². The standard InChI is InChI=1S/C14H18N2OS/c1-16(8-11-3-4-18-10-11)9-12-5-13(15)7-14(6-12)17-2/h3-7,10H,8-9,15H2,1-2H3. The molecule has 2 rings (SSSR count). The normalized spacial score (nSPS) is 10.8. The van der Waals surface area contributed by atoms with Crippen molar-refractivity contribution in [3.8, 4) is 5.75 Å². The average Bonchev–Trinajstić information content (AvgIpc) is 2.80. The molecule has 2 N–H and O–H groups in total. The minimum Gasteiger partial charge on any atom is -0.497 e. The molecule has 3 nitrogen and oxygen atoms in total. The van der Waals surface area contributed by atoms with Crippen LogP contribution in [0, 0.1) is 0 Å². The highest BCUT2D eigenvalue weighted by Crippen LogP contribution is 2.20. The third kappa shape index (κ3) is 3.48. The van der Waals surface area contributed by atoms with E-state index in [2.05, 4.69) is 28.8 Å². The summed E-state index contributed by atoms with van der Waals surface area (Å²) in [5.41, 5.74) is 9.11. The van der Waals surface area contributed by atoms with E-state index in [1.165, 1.54) is 11.1 Å². The predicted molar refractivity (Wildman–Crippen MR) is 76.9 cm³/mol. The number of nitrogens with two attached hydrogens (primary N) is 1. The lowest BCUT2D eigenvalue weighted by atomic mass is 10.1. The number of methoxy groups -OCH3 is 1. The highest BCUT2D eigenvalue weighted by Gasteiger charge is 2.04. The van der Waals surface area contributed by atoms with Gasteiger partial charge in [0.25, 0.3) is 0 Å². The smallest absolute Gasteiger partial charge is 0.121 e. The third-order valence-electron chi connectivity index (χ3n) is 2.71. The van der Waals surface area contributed by atoms with E-state index < -0.39 is 0 Å². The lowest BCUT2D eigenvalue weighted by Crippen LogP contribution is -2.16. The van der Waals surface area contributed by atoms with Gasteiger partial charge in [-0.15, -0.1) is 0 Å². The number of anilines is 1. The molecule has 0 unspecified atom stereocenters. The van der Waals surface area contributed by atoms with Gasteiger partial charge in [0.1, 0.15) is 5.75 Å². The van der Waals surface area contributed by atoms with E-state index in [9.17, 15) is 0 Å². The summed E-state index contributed by atoms with van der Waals surface area (Å²) in [6.45, 7) is 1.80. The van der Waals surface area contributed by atoms with Crippen LogP contribution in [0.3, 0.4) is 0 Å². The fourth-order valence-corrected chi connectivity index (χ4v) is 2.62. The van der Waals surface area contributed by atoms with Gasteiger partial charge in [-0.05, 0) is 47.1 Å². The molecule has 96 valence electrons. The largest absolute Gasteiger partial charge is 0.497 e. The highest BCUT2D eigenvalue weighted by molar-refractivity contribution is 7.07. The molecule has 1 heterocycles. The van der Waals surface area contributed by atoms with Gasteiger partial charge >= 0.3 is 0 Å². The van der Waals surface area contributed by atoms with Crippen molar-refractivity contribution in [2.75, 3.05) is 19.9 Å². The Labute approximate surface area is 112 Å². The molecule has 0 saturated carbocycles. The van der Waals surface area contributed by atoms with Gasteiger partial charge < -0.3 is 10.5 Å². The number of thiophene rings is 1. The molecule has 0 radical (unpaired) electrons. The number of nitrogens with zero attached hydrogens (tertiary/aromatic N) is 1. The van der Waals surface area contributed by atoms with Crippen LogP contribution < -0.4 is 10.5 Å². The average molecular weight is 262 g/mol. The van der Waals surface area contributed by atoms with Gasteiger partial charge in [0.05, 0.1) is 7.11 Å². The molecule has 1 aromatic heterocycles. The Morgan fingerprint density at radius 3 is 2.67 bits per heavy atom. The van der Waals surface area contributed by atoms with Gasteiger partial charge in [0, 0.05) is 24.8 Å². The molecule has 0 spiro atoms. The maximum absolute atomic E-state index is 5.85. The molecule has 1 aromatic carbocycles. The lowest BCUT2D eigenvalue weighted by Gasteiger charge is -2.16. The number of hydrogen-bond acceptors (Lipinski definition) is 4. The quantitative estimate of drug-likeness (QED) is 0.842. The van der Waals surface area contributed by atoms with Gasteiger partial charge in [-0.3, -0.25) is 4.90 Å². The summed E-state index contributed by atoms with van der Waals surface area (Å²) in [5, 5.41) is 4.28. The summed E-state index contributed by atoms with van der Waals surface area (Å²) in [4.78, 5) is 2.26. The lowest BCUT2D eigenvalue weighted by molar-refractivity contribution is 0.318. The maximum Gasteiger partial charge on any atom is 0.121 e. The van der Waals surface area contributed by atoms with Crippen molar-refractivity contribution in [1.82, 2.24) is 4.90 Å². The second kappa shape index (κ2) is 5.89. The third-order valence-corrected chi connectivity index (χ3v) is 3.44. The number of ether oxygens (including phenoxy) is 1. The summed E-state index contributed by atoms with van der Waals surface area (Å²) >= 11 is 1.73. The molecule has 2 aromatic rings. The monoisotopic (exact) mass is 262 g/mol. The molecule has 0 saturated heterocycles. The van der Waals surface area contributed by atoms with Crippen LogP contribution in [-0.4, -0.2) is 19.1 Å². The molecule has 0 atom stereocenters. The van der Waals surface area contributed by atoms with Crippen LogP contribution in [0.4, 0.5) is 5.69 Å². The Hall–Kier alpha value is -1.52. The van der Waals surface area contributed by atoms with E-state index in [0.717, 1.165) is 24.5 Å². The van der Waals surface area contributed by atoms with Crippen molar-refractivity contribution >= 4 is 17.0 Å². The Bertz CT molecular complexity index is 497. The number of nitrogen functional groups attached to an aromatic ring is 1. The van der Waals surface area contributed by atoms with Gasteiger partial charge in [0.15, 0.2) is 0 Å². The van der Waals surface area contributed by atoms with E-state index in [1.54, 1.807) is 18.4 Å². The van der Waals surface area contributed by atoms with Gasteiger partial charge in [-0.25, -0.2) is 0 Å². The maximum atomic E-state index is 5.85. The molecule has 0 amide bonds. The van der Waals surface area contributed by atoms with Crippen LogP contribution in [0.5, 0.6) is 5.75 Å². The number of hydrogen-bond donors (Lipinski definition) is 1. The van der Waals surface area contributed by atoms with E-state index in [0.29, 0.717) is 0 Å². The highest BCUT2D eigenvalue weighted by atomic mass is 32.1.